The summed E-state index contributed by atoms with van der Waals surface area (Å²) in [5, 5.41) is 4.54. The molecule has 144 valence electrons. The number of hydrogen-bond acceptors (Lipinski definition) is 4. The van der Waals surface area contributed by atoms with Gasteiger partial charge in [0.1, 0.15) is 0 Å². The van der Waals surface area contributed by atoms with Crippen LogP contribution in [0.2, 0.25) is 5.02 Å². The number of thioether (sulfide) groups is 1. The maximum absolute atomic E-state index is 13.2. The summed E-state index contributed by atoms with van der Waals surface area (Å²) in [6.45, 7) is 2.60. The Morgan fingerprint density at radius 1 is 1.25 bits per heavy atom. The number of carbonyl (C=O) groups excluding carboxylic acids is 1. The van der Waals surface area contributed by atoms with Crippen molar-refractivity contribution < 1.29 is 4.79 Å². The van der Waals surface area contributed by atoms with E-state index >= 15 is 0 Å². The first-order valence-corrected chi connectivity index (χ1v) is 10.6. The molecule has 0 saturated heterocycles. The van der Waals surface area contributed by atoms with Gasteiger partial charge in [0, 0.05) is 11.6 Å². The van der Waals surface area contributed by atoms with Crippen molar-refractivity contribution in [3.8, 4) is 5.69 Å². The Kier molecular flexibility index (Phi) is 5.42. The molecular formula is C21H20ClN3O2S. The van der Waals surface area contributed by atoms with Gasteiger partial charge >= 0.3 is 0 Å². The molecule has 28 heavy (non-hydrogen) atoms. The zero-order chi connectivity index (χ0) is 19.7. The van der Waals surface area contributed by atoms with Gasteiger partial charge < -0.3 is 5.32 Å². The van der Waals surface area contributed by atoms with Crippen LogP contribution in [0.1, 0.15) is 18.4 Å². The SMILES string of the molecule is Cc1c(Cl)cccc1-n1c(SCC(=O)NCC2CC2)nc2ccccc2c1=O. The van der Waals surface area contributed by atoms with Gasteiger partial charge in [0.2, 0.25) is 5.91 Å². The molecular weight excluding hydrogens is 394 g/mol. The maximum Gasteiger partial charge on any atom is 0.266 e. The fourth-order valence-electron chi connectivity index (χ4n) is 3.02. The molecule has 1 aliphatic carbocycles. The van der Waals surface area contributed by atoms with Crippen LogP contribution < -0.4 is 10.9 Å². The molecule has 7 heteroatoms. The summed E-state index contributed by atoms with van der Waals surface area (Å²) in [5.74, 6) is 0.783. The van der Waals surface area contributed by atoms with E-state index in [-0.39, 0.29) is 17.2 Å². The highest BCUT2D eigenvalue weighted by Crippen LogP contribution is 2.28. The van der Waals surface area contributed by atoms with E-state index < -0.39 is 0 Å². The van der Waals surface area contributed by atoms with Crippen LogP contribution in [0.4, 0.5) is 0 Å². The molecule has 1 N–H and O–H groups in total. The van der Waals surface area contributed by atoms with Crippen LogP contribution in [0, 0.1) is 12.8 Å². The van der Waals surface area contributed by atoms with Crippen LogP contribution in [0.25, 0.3) is 16.6 Å². The van der Waals surface area contributed by atoms with Crippen molar-refractivity contribution in [2.24, 2.45) is 5.92 Å². The van der Waals surface area contributed by atoms with E-state index in [9.17, 15) is 9.59 Å². The number of para-hydroxylation sites is 1. The van der Waals surface area contributed by atoms with Gasteiger partial charge in [0.15, 0.2) is 5.16 Å². The molecule has 0 bridgehead atoms. The Morgan fingerprint density at radius 3 is 2.82 bits per heavy atom. The van der Waals surface area contributed by atoms with Gasteiger partial charge in [-0.25, -0.2) is 4.98 Å². The largest absolute Gasteiger partial charge is 0.355 e. The van der Waals surface area contributed by atoms with Crippen molar-refractivity contribution in [2.45, 2.75) is 24.9 Å². The van der Waals surface area contributed by atoms with Gasteiger partial charge in [0.25, 0.3) is 5.56 Å². The van der Waals surface area contributed by atoms with Crippen molar-refractivity contribution in [3.63, 3.8) is 0 Å². The smallest absolute Gasteiger partial charge is 0.266 e. The summed E-state index contributed by atoms with van der Waals surface area (Å²) >= 11 is 7.55. The van der Waals surface area contributed by atoms with Gasteiger partial charge in [-0.3, -0.25) is 14.2 Å². The Balaban J connectivity index is 1.74. The Labute approximate surface area is 172 Å². The van der Waals surface area contributed by atoms with E-state index in [2.05, 4.69) is 10.3 Å². The number of benzene rings is 2. The second-order valence-electron chi connectivity index (χ2n) is 6.97. The topological polar surface area (TPSA) is 64.0 Å². The fourth-order valence-corrected chi connectivity index (χ4v) is 4.03. The molecule has 1 aromatic heterocycles. The molecule has 1 aliphatic rings. The first-order chi connectivity index (χ1) is 13.5. The molecule has 4 rings (SSSR count). The average molecular weight is 414 g/mol. The molecule has 0 atom stereocenters. The third-order valence-corrected chi connectivity index (χ3v) is 6.19. The number of nitrogens with zero attached hydrogens (tertiary/aromatic N) is 2. The normalized spacial score (nSPS) is 13.6. The highest BCUT2D eigenvalue weighted by molar-refractivity contribution is 7.99. The van der Waals surface area contributed by atoms with Crippen molar-refractivity contribution >= 4 is 40.2 Å². The highest BCUT2D eigenvalue weighted by atomic mass is 35.5. The van der Waals surface area contributed by atoms with Gasteiger partial charge in [-0.15, -0.1) is 0 Å². The minimum absolute atomic E-state index is 0.0475. The van der Waals surface area contributed by atoms with E-state index in [1.54, 1.807) is 16.7 Å². The van der Waals surface area contributed by atoms with Crippen molar-refractivity contribution in [1.29, 1.82) is 0 Å². The molecule has 3 aromatic rings. The zero-order valence-corrected chi connectivity index (χ0v) is 17.0. The van der Waals surface area contributed by atoms with Gasteiger partial charge in [0.05, 0.1) is 22.3 Å². The first kappa shape index (κ1) is 19.0. The van der Waals surface area contributed by atoms with E-state index in [0.29, 0.717) is 32.7 Å². The molecule has 0 radical (unpaired) electrons. The minimum atomic E-state index is -0.170. The van der Waals surface area contributed by atoms with Crippen molar-refractivity contribution in [1.82, 2.24) is 14.9 Å². The summed E-state index contributed by atoms with van der Waals surface area (Å²) in [5.41, 5.74) is 1.92. The number of carbonyl (C=O) groups is 1. The monoisotopic (exact) mass is 413 g/mol. The van der Waals surface area contributed by atoms with Crippen LogP contribution in [0.3, 0.4) is 0 Å². The summed E-state index contributed by atoms with van der Waals surface area (Å²) in [6.07, 6.45) is 2.38. The predicted molar refractivity (Wildman–Crippen MR) is 114 cm³/mol. The van der Waals surface area contributed by atoms with Crippen molar-refractivity contribution in [2.75, 3.05) is 12.3 Å². The molecule has 2 aromatic carbocycles. The number of halogens is 1. The van der Waals surface area contributed by atoms with E-state index in [1.165, 1.54) is 24.6 Å². The third kappa shape index (κ3) is 3.93. The van der Waals surface area contributed by atoms with Crippen LogP contribution in [-0.2, 0) is 4.79 Å². The number of aromatic nitrogens is 2. The second-order valence-corrected chi connectivity index (χ2v) is 8.32. The van der Waals surface area contributed by atoms with Crippen LogP contribution in [-0.4, -0.2) is 27.8 Å². The van der Waals surface area contributed by atoms with E-state index in [0.717, 1.165) is 12.1 Å². The fraction of sp³-hybridized carbons (Fsp3) is 0.286. The number of nitrogens with one attached hydrogen (secondary N) is 1. The first-order valence-electron chi connectivity index (χ1n) is 9.21. The Bertz CT molecular complexity index is 1110. The highest BCUT2D eigenvalue weighted by Gasteiger charge is 2.22. The molecule has 5 nitrogen and oxygen atoms in total. The van der Waals surface area contributed by atoms with Crippen LogP contribution in [0.5, 0.6) is 0 Å². The minimum Gasteiger partial charge on any atom is -0.355 e. The van der Waals surface area contributed by atoms with Gasteiger partial charge in [-0.05, 0) is 55.5 Å². The Hall–Kier alpha value is -2.31. The van der Waals surface area contributed by atoms with Crippen LogP contribution in [0.15, 0.2) is 52.4 Å². The molecule has 1 fully saturated rings. The van der Waals surface area contributed by atoms with Gasteiger partial charge in [-0.2, -0.15) is 0 Å². The molecule has 0 unspecified atom stereocenters. The lowest BCUT2D eigenvalue weighted by Gasteiger charge is -2.15. The molecule has 1 heterocycles. The van der Waals surface area contributed by atoms with E-state index in [1.807, 2.05) is 37.3 Å². The summed E-state index contributed by atoms with van der Waals surface area (Å²) in [6, 6.07) is 12.7. The number of hydrogen-bond donors (Lipinski definition) is 1. The molecule has 1 amide bonds. The average Bonchev–Trinajstić information content (AvgIpc) is 3.52. The molecule has 1 saturated carbocycles. The quantitative estimate of drug-likeness (QED) is 0.490. The third-order valence-electron chi connectivity index (χ3n) is 4.84. The second kappa shape index (κ2) is 7.97. The number of rotatable bonds is 6. The molecule has 0 aliphatic heterocycles. The molecule has 0 spiro atoms. The number of amides is 1. The lowest BCUT2D eigenvalue weighted by Crippen LogP contribution is -2.28. The predicted octanol–water partition coefficient (Wildman–Crippen LogP) is 3.97. The van der Waals surface area contributed by atoms with Crippen molar-refractivity contribution in [3.05, 3.63) is 63.4 Å². The Morgan fingerprint density at radius 2 is 2.04 bits per heavy atom. The lowest BCUT2D eigenvalue weighted by atomic mass is 10.2. The summed E-state index contributed by atoms with van der Waals surface area (Å²) in [7, 11) is 0. The maximum atomic E-state index is 13.2. The van der Waals surface area contributed by atoms with E-state index in [4.69, 9.17) is 11.6 Å². The van der Waals surface area contributed by atoms with Crippen LogP contribution >= 0.6 is 23.4 Å². The summed E-state index contributed by atoms with van der Waals surface area (Å²) in [4.78, 5) is 30.1. The standard InChI is InChI=1S/C21H20ClN3O2S/c1-13-16(22)6-4-8-18(13)25-20(27)15-5-2-3-7-17(15)24-21(25)28-12-19(26)23-11-14-9-10-14/h2-8,14H,9-12H2,1H3,(H,23,26). The van der Waals surface area contributed by atoms with Gasteiger partial charge in [-0.1, -0.05) is 41.6 Å². The summed E-state index contributed by atoms with van der Waals surface area (Å²) < 4.78 is 1.56. The number of fused-ring (bicyclic) bond motifs is 1. The lowest BCUT2D eigenvalue weighted by molar-refractivity contribution is -0.118. The zero-order valence-electron chi connectivity index (χ0n) is 15.4.